The molecule has 0 unspecified atom stereocenters. The summed E-state index contributed by atoms with van der Waals surface area (Å²) in [6.45, 7) is 1.82. The summed E-state index contributed by atoms with van der Waals surface area (Å²) in [5.41, 5.74) is 1.90. The molecule has 0 aliphatic carbocycles. The first-order valence-corrected chi connectivity index (χ1v) is 5.50. The summed E-state index contributed by atoms with van der Waals surface area (Å²) in [7, 11) is 0. The monoisotopic (exact) mass is 246 g/mol. The van der Waals surface area contributed by atoms with Crippen molar-refractivity contribution < 1.29 is 5.11 Å². The van der Waals surface area contributed by atoms with Gasteiger partial charge in [-0.25, -0.2) is 0 Å². The number of rotatable bonds is 2. The van der Waals surface area contributed by atoms with E-state index in [2.05, 4.69) is 10.2 Å². The van der Waals surface area contributed by atoms with Crippen molar-refractivity contribution in [2.24, 2.45) is 10.2 Å². The molecule has 86 valence electrons. The van der Waals surface area contributed by atoms with Crippen molar-refractivity contribution in [1.29, 1.82) is 0 Å². The van der Waals surface area contributed by atoms with Crippen molar-refractivity contribution in [3.05, 3.63) is 53.1 Å². The molecule has 0 aliphatic heterocycles. The molecule has 0 radical (unpaired) electrons. The molecule has 17 heavy (non-hydrogen) atoms. The molecule has 0 aliphatic rings. The van der Waals surface area contributed by atoms with Gasteiger partial charge in [0.2, 0.25) is 0 Å². The summed E-state index contributed by atoms with van der Waals surface area (Å²) in [6.07, 6.45) is 0. The number of phenolic OH excluding ortho intramolecular Hbond substituents is 1. The minimum atomic E-state index is 0.0755. The van der Waals surface area contributed by atoms with E-state index in [0.717, 1.165) is 11.3 Å². The second-order valence-electron chi connectivity index (χ2n) is 3.63. The van der Waals surface area contributed by atoms with E-state index in [1.165, 1.54) is 0 Å². The molecular weight excluding hydrogens is 236 g/mol. The van der Waals surface area contributed by atoms with Gasteiger partial charge in [0.25, 0.3) is 0 Å². The van der Waals surface area contributed by atoms with E-state index in [-0.39, 0.29) is 5.75 Å². The first-order valence-electron chi connectivity index (χ1n) is 5.13. The van der Waals surface area contributed by atoms with Crippen LogP contribution in [0.25, 0.3) is 0 Å². The Morgan fingerprint density at radius 1 is 1.06 bits per heavy atom. The van der Waals surface area contributed by atoms with E-state index < -0.39 is 0 Å². The molecule has 0 atom stereocenters. The quantitative estimate of drug-likeness (QED) is 0.762. The number of nitrogens with zero attached hydrogens (tertiary/aromatic N) is 2. The first-order chi connectivity index (χ1) is 8.16. The Labute approximate surface area is 104 Å². The van der Waals surface area contributed by atoms with Crippen LogP contribution < -0.4 is 0 Å². The van der Waals surface area contributed by atoms with Crippen LogP contribution in [0.2, 0.25) is 5.02 Å². The smallest absolute Gasteiger partial charge is 0.143 e. The van der Waals surface area contributed by atoms with E-state index in [1.807, 2.05) is 37.3 Å². The Bertz CT molecular complexity index is 553. The van der Waals surface area contributed by atoms with E-state index in [0.29, 0.717) is 10.7 Å². The van der Waals surface area contributed by atoms with Gasteiger partial charge >= 0.3 is 0 Å². The summed E-state index contributed by atoms with van der Waals surface area (Å²) >= 11 is 5.95. The molecule has 2 rings (SSSR count). The molecule has 0 aromatic heterocycles. The molecule has 3 nitrogen and oxygen atoms in total. The molecule has 2 aromatic carbocycles. The van der Waals surface area contributed by atoms with Gasteiger partial charge in [-0.2, -0.15) is 5.11 Å². The van der Waals surface area contributed by atoms with Gasteiger partial charge < -0.3 is 5.11 Å². The topological polar surface area (TPSA) is 45.0 Å². The van der Waals surface area contributed by atoms with Gasteiger partial charge in [-0.15, -0.1) is 5.11 Å². The zero-order valence-electron chi connectivity index (χ0n) is 9.26. The van der Waals surface area contributed by atoms with Crippen LogP contribution in [-0.4, -0.2) is 5.11 Å². The highest BCUT2D eigenvalue weighted by Gasteiger charge is 2.04. The van der Waals surface area contributed by atoms with Gasteiger partial charge in [0.05, 0.1) is 5.69 Å². The number of aryl methyl sites for hydroxylation is 1. The van der Waals surface area contributed by atoms with Crippen LogP contribution in [0.5, 0.6) is 5.75 Å². The Hall–Kier alpha value is -1.87. The molecule has 2 aromatic rings. The minimum Gasteiger partial charge on any atom is -0.506 e. The van der Waals surface area contributed by atoms with Crippen molar-refractivity contribution in [3.8, 4) is 5.75 Å². The molecule has 0 heterocycles. The Morgan fingerprint density at radius 3 is 2.47 bits per heavy atom. The highest BCUT2D eigenvalue weighted by molar-refractivity contribution is 6.31. The Morgan fingerprint density at radius 2 is 1.76 bits per heavy atom. The second-order valence-corrected chi connectivity index (χ2v) is 4.03. The van der Waals surface area contributed by atoms with Gasteiger partial charge in [0.1, 0.15) is 11.4 Å². The standard InChI is InChI=1S/C13H11ClN2O/c1-9-7-13(17)12(8-11(9)14)16-15-10-5-3-2-4-6-10/h2-8,17H,1H3. The molecule has 0 bridgehead atoms. The summed E-state index contributed by atoms with van der Waals surface area (Å²) in [4.78, 5) is 0. The third kappa shape index (κ3) is 2.82. The van der Waals surface area contributed by atoms with E-state index in [1.54, 1.807) is 12.1 Å². The molecule has 0 saturated carbocycles. The van der Waals surface area contributed by atoms with E-state index in [9.17, 15) is 5.11 Å². The van der Waals surface area contributed by atoms with Crippen molar-refractivity contribution in [1.82, 2.24) is 0 Å². The lowest BCUT2D eigenvalue weighted by molar-refractivity contribution is 0.476. The summed E-state index contributed by atoms with van der Waals surface area (Å²) < 4.78 is 0. The number of benzene rings is 2. The maximum atomic E-state index is 9.68. The number of azo groups is 1. The number of hydrogen-bond acceptors (Lipinski definition) is 3. The molecule has 0 spiro atoms. The second kappa shape index (κ2) is 4.97. The maximum absolute atomic E-state index is 9.68. The largest absolute Gasteiger partial charge is 0.506 e. The molecule has 0 saturated heterocycles. The predicted octanol–water partition coefficient (Wildman–Crippen LogP) is 4.77. The fourth-order valence-corrected chi connectivity index (χ4v) is 1.50. The van der Waals surface area contributed by atoms with E-state index in [4.69, 9.17) is 11.6 Å². The number of halogens is 1. The Balaban J connectivity index is 2.31. The van der Waals surface area contributed by atoms with Gasteiger partial charge in [-0.1, -0.05) is 29.8 Å². The van der Waals surface area contributed by atoms with E-state index >= 15 is 0 Å². The molecule has 4 heteroatoms. The van der Waals surface area contributed by atoms with Crippen molar-refractivity contribution in [2.75, 3.05) is 0 Å². The van der Waals surface area contributed by atoms with Crippen molar-refractivity contribution in [3.63, 3.8) is 0 Å². The maximum Gasteiger partial charge on any atom is 0.143 e. The SMILES string of the molecule is Cc1cc(O)c(N=Nc2ccccc2)cc1Cl. The minimum absolute atomic E-state index is 0.0755. The highest BCUT2D eigenvalue weighted by Crippen LogP contribution is 2.33. The highest BCUT2D eigenvalue weighted by atomic mass is 35.5. The molecular formula is C13H11ClN2O. The Kier molecular flexibility index (Phi) is 3.40. The number of phenols is 1. The average Bonchev–Trinajstić information content (AvgIpc) is 2.33. The molecule has 0 fully saturated rings. The zero-order chi connectivity index (χ0) is 12.3. The zero-order valence-corrected chi connectivity index (χ0v) is 10.0. The summed E-state index contributed by atoms with van der Waals surface area (Å²) in [5.74, 6) is 0.0755. The lowest BCUT2D eigenvalue weighted by Crippen LogP contribution is -1.75. The summed E-state index contributed by atoms with van der Waals surface area (Å²) in [5, 5.41) is 18.2. The lowest BCUT2D eigenvalue weighted by atomic mass is 10.2. The fourth-order valence-electron chi connectivity index (χ4n) is 1.34. The van der Waals surface area contributed by atoms with Crippen LogP contribution in [0, 0.1) is 6.92 Å². The predicted molar refractivity (Wildman–Crippen MR) is 68.5 cm³/mol. The van der Waals surface area contributed by atoms with Crippen LogP contribution in [-0.2, 0) is 0 Å². The van der Waals surface area contributed by atoms with Gasteiger partial charge in [0, 0.05) is 5.02 Å². The van der Waals surface area contributed by atoms with Gasteiger partial charge in [-0.05, 0) is 36.8 Å². The van der Waals surface area contributed by atoms with Crippen LogP contribution >= 0.6 is 11.6 Å². The van der Waals surface area contributed by atoms with Crippen LogP contribution in [0.4, 0.5) is 11.4 Å². The van der Waals surface area contributed by atoms with Crippen molar-refractivity contribution >= 4 is 23.0 Å². The van der Waals surface area contributed by atoms with Crippen molar-refractivity contribution in [2.45, 2.75) is 6.92 Å². The van der Waals surface area contributed by atoms with Crippen LogP contribution in [0.1, 0.15) is 5.56 Å². The third-order valence-corrected chi connectivity index (χ3v) is 2.69. The molecule has 1 N–H and O–H groups in total. The number of hydrogen-bond donors (Lipinski definition) is 1. The normalized spacial score (nSPS) is 10.9. The lowest BCUT2D eigenvalue weighted by Gasteiger charge is -2.01. The number of aromatic hydroxyl groups is 1. The fraction of sp³-hybridized carbons (Fsp3) is 0.0769. The van der Waals surface area contributed by atoms with Gasteiger partial charge in [0.15, 0.2) is 0 Å². The summed E-state index contributed by atoms with van der Waals surface area (Å²) in [6, 6.07) is 12.5. The molecule has 0 amide bonds. The third-order valence-electron chi connectivity index (χ3n) is 2.29. The first kappa shape index (κ1) is 11.6. The van der Waals surface area contributed by atoms with Gasteiger partial charge in [-0.3, -0.25) is 0 Å². The average molecular weight is 247 g/mol. The van der Waals surface area contributed by atoms with Crippen LogP contribution in [0.3, 0.4) is 0 Å². The van der Waals surface area contributed by atoms with Crippen LogP contribution in [0.15, 0.2) is 52.7 Å².